The molecule has 2 fully saturated rings. The molecule has 1 aromatic carbocycles. The van der Waals surface area contributed by atoms with E-state index in [4.69, 9.17) is 0 Å². The SMILES string of the molecule is O=C(Nc1ccc(N2CCCC2)cc1)NC1CCN(c2ccnc3ccsc23)CC1. The Labute approximate surface area is 180 Å². The third-order valence-corrected chi connectivity index (χ3v) is 7.02. The van der Waals surface area contributed by atoms with Gasteiger partial charge < -0.3 is 20.4 Å². The fraction of sp³-hybridized carbons (Fsp3) is 0.391. The van der Waals surface area contributed by atoms with Crippen LogP contribution in [0.1, 0.15) is 25.7 Å². The number of anilines is 3. The Bertz CT molecular complexity index is 1000. The number of carbonyl (C=O) groups is 1. The molecule has 0 atom stereocenters. The molecule has 0 bridgehead atoms. The zero-order valence-electron chi connectivity index (χ0n) is 17.0. The Morgan fingerprint density at radius 1 is 0.967 bits per heavy atom. The van der Waals surface area contributed by atoms with Crippen LogP contribution in [0.4, 0.5) is 21.9 Å². The van der Waals surface area contributed by atoms with E-state index in [0.29, 0.717) is 0 Å². The highest BCUT2D eigenvalue weighted by Gasteiger charge is 2.22. The van der Waals surface area contributed by atoms with E-state index in [1.165, 1.54) is 28.9 Å². The normalized spacial score (nSPS) is 17.5. The maximum absolute atomic E-state index is 12.5. The summed E-state index contributed by atoms with van der Waals surface area (Å²) < 4.78 is 1.25. The summed E-state index contributed by atoms with van der Waals surface area (Å²) in [5, 5.41) is 8.22. The molecule has 4 heterocycles. The van der Waals surface area contributed by atoms with Crippen LogP contribution >= 0.6 is 11.3 Å². The van der Waals surface area contributed by atoms with Crippen LogP contribution in [0.3, 0.4) is 0 Å². The van der Waals surface area contributed by atoms with Crippen LogP contribution in [-0.2, 0) is 0 Å². The lowest BCUT2D eigenvalue weighted by Crippen LogP contribution is -2.46. The van der Waals surface area contributed by atoms with Gasteiger partial charge in [0.1, 0.15) is 0 Å². The number of carbonyl (C=O) groups excluding carboxylic acids is 1. The number of rotatable bonds is 4. The number of nitrogens with zero attached hydrogens (tertiary/aromatic N) is 3. The van der Waals surface area contributed by atoms with E-state index < -0.39 is 0 Å². The van der Waals surface area contributed by atoms with Gasteiger partial charge in [-0.2, -0.15) is 0 Å². The predicted octanol–water partition coefficient (Wildman–Crippen LogP) is 4.69. The lowest BCUT2D eigenvalue weighted by molar-refractivity contribution is 0.246. The summed E-state index contributed by atoms with van der Waals surface area (Å²) in [4.78, 5) is 21.7. The lowest BCUT2D eigenvalue weighted by atomic mass is 10.0. The second kappa shape index (κ2) is 8.52. The number of piperidine rings is 1. The van der Waals surface area contributed by atoms with Crippen molar-refractivity contribution in [3.8, 4) is 0 Å². The first-order chi connectivity index (χ1) is 14.8. The van der Waals surface area contributed by atoms with Crippen LogP contribution in [0.5, 0.6) is 0 Å². The van der Waals surface area contributed by atoms with Crippen LogP contribution in [0.2, 0.25) is 0 Å². The van der Waals surface area contributed by atoms with E-state index in [0.717, 1.165) is 50.2 Å². The number of amides is 2. The van der Waals surface area contributed by atoms with Crippen molar-refractivity contribution in [2.75, 3.05) is 41.3 Å². The Hall–Kier alpha value is -2.80. The summed E-state index contributed by atoms with van der Waals surface area (Å²) in [5.41, 5.74) is 4.40. The fourth-order valence-electron chi connectivity index (χ4n) is 4.46. The highest BCUT2D eigenvalue weighted by atomic mass is 32.1. The summed E-state index contributed by atoms with van der Waals surface area (Å²) in [6.45, 7) is 4.13. The third kappa shape index (κ3) is 4.07. The zero-order valence-corrected chi connectivity index (χ0v) is 17.8. The van der Waals surface area contributed by atoms with E-state index >= 15 is 0 Å². The Kier molecular flexibility index (Phi) is 5.45. The maximum Gasteiger partial charge on any atom is 0.319 e. The zero-order chi connectivity index (χ0) is 20.3. The minimum Gasteiger partial charge on any atom is -0.372 e. The Balaban J connectivity index is 1.13. The molecule has 2 saturated heterocycles. The summed E-state index contributed by atoms with van der Waals surface area (Å²) in [6.07, 6.45) is 6.30. The molecular weight excluding hydrogens is 394 g/mol. The monoisotopic (exact) mass is 421 g/mol. The molecule has 2 N–H and O–H groups in total. The number of urea groups is 1. The van der Waals surface area contributed by atoms with Gasteiger partial charge >= 0.3 is 6.03 Å². The van der Waals surface area contributed by atoms with Gasteiger partial charge in [0.05, 0.1) is 15.9 Å². The smallest absolute Gasteiger partial charge is 0.319 e. The average molecular weight is 422 g/mol. The van der Waals surface area contributed by atoms with Crippen LogP contribution in [-0.4, -0.2) is 43.2 Å². The largest absolute Gasteiger partial charge is 0.372 e. The van der Waals surface area contributed by atoms with Gasteiger partial charge in [0.15, 0.2) is 0 Å². The fourth-order valence-corrected chi connectivity index (χ4v) is 5.35. The molecule has 2 aliphatic heterocycles. The number of fused-ring (bicyclic) bond motifs is 1. The molecule has 3 aromatic rings. The number of nitrogens with one attached hydrogen (secondary N) is 2. The number of hydrogen-bond donors (Lipinski definition) is 2. The Morgan fingerprint density at radius 3 is 2.50 bits per heavy atom. The molecule has 2 amide bonds. The molecule has 0 aliphatic carbocycles. The van der Waals surface area contributed by atoms with Crippen molar-refractivity contribution in [3.63, 3.8) is 0 Å². The quantitative estimate of drug-likeness (QED) is 0.642. The average Bonchev–Trinajstić information content (AvgIpc) is 3.47. The number of thiophene rings is 1. The standard InChI is InChI=1S/C23H27N5OS/c29-23(25-17-3-5-19(6-4-17)27-12-1-2-13-27)26-18-8-14-28(15-9-18)21-7-11-24-20-10-16-30-22(20)21/h3-7,10-11,16,18H,1-2,8-9,12-15H2,(H2,25,26,29). The number of benzene rings is 1. The van der Waals surface area contributed by atoms with Gasteiger partial charge in [-0.1, -0.05) is 0 Å². The number of aromatic nitrogens is 1. The molecule has 0 radical (unpaired) electrons. The minimum absolute atomic E-state index is 0.119. The van der Waals surface area contributed by atoms with Crippen LogP contribution < -0.4 is 20.4 Å². The molecule has 2 aliphatic rings. The molecule has 0 unspecified atom stereocenters. The highest BCUT2D eigenvalue weighted by molar-refractivity contribution is 7.17. The summed E-state index contributed by atoms with van der Waals surface area (Å²) in [7, 11) is 0. The first-order valence-corrected chi connectivity index (χ1v) is 11.6. The molecule has 2 aromatic heterocycles. The highest BCUT2D eigenvalue weighted by Crippen LogP contribution is 2.31. The van der Waals surface area contributed by atoms with Gasteiger partial charge in [0.2, 0.25) is 0 Å². The van der Waals surface area contributed by atoms with E-state index in [-0.39, 0.29) is 12.1 Å². The van der Waals surface area contributed by atoms with Crippen LogP contribution in [0.15, 0.2) is 48.0 Å². The van der Waals surface area contributed by atoms with Gasteiger partial charge in [0, 0.05) is 49.8 Å². The van der Waals surface area contributed by atoms with Crippen molar-refractivity contribution < 1.29 is 4.79 Å². The van der Waals surface area contributed by atoms with Gasteiger partial charge in [-0.25, -0.2) is 4.79 Å². The third-order valence-electron chi connectivity index (χ3n) is 6.09. The van der Waals surface area contributed by atoms with Crippen molar-refractivity contribution in [2.45, 2.75) is 31.7 Å². The first-order valence-electron chi connectivity index (χ1n) is 10.8. The van der Waals surface area contributed by atoms with Gasteiger partial charge in [-0.05, 0) is 67.5 Å². The molecular formula is C23H27N5OS. The van der Waals surface area contributed by atoms with Crippen LogP contribution in [0.25, 0.3) is 10.2 Å². The molecule has 7 heteroatoms. The first kappa shape index (κ1) is 19.2. The topological polar surface area (TPSA) is 60.5 Å². The van der Waals surface area contributed by atoms with Crippen molar-refractivity contribution in [1.82, 2.24) is 10.3 Å². The van der Waals surface area contributed by atoms with Crippen LogP contribution in [0, 0.1) is 0 Å². The van der Waals surface area contributed by atoms with Gasteiger partial charge in [0.25, 0.3) is 0 Å². The molecule has 30 heavy (non-hydrogen) atoms. The molecule has 156 valence electrons. The lowest BCUT2D eigenvalue weighted by Gasteiger charge is -2.34. The number of pyridine rings is 1. The second-order valence-corrected chi connectivity index (χ2v) is 8.98. The minimum atomic E-state index is -0.119. The summed E-state index contributed by atoms with van der Waals surface area (Å²) >= 11 is 1.74. The maximum atomic E-state index is 12.5. The van der Waals surface area contributed by atoms with E-state index in [9.17, 15) is 4.79 Å². The van der Waals surface area contributed by atoms with Gasteiger partial charge in [-0.15, -0.1) is 11.3 Å². The second-order valence-electron chi connectivity index (χ2n) is 8.07. The van der Waals surface area contributed by atoms with E-state index in [1.54, 1.807) is 11.3 Å². The number of hydrogen-bond acceptors (Lipinski definition) is 5. The Morgan fingerprint density at radius 2 is 1.73 bits per heavy atom. The molecule has 0 saturated carbocycles. The molecule has 0 spiro atoms. The van der Waals surface area contributed by atoms with E-state index in [2.05, 4.69) is 55.1 Å². The molecule has 5 rings (SSSR count). The summed E-state index contributed by atoms with van der Waals surface area (Å²) in [5.74, 6) is 0. The van der Waals surface area contributed by atoms with E-state index in [1.807, 2.05) is 18.3 Å². The molecule has 6 nitrogen and oxygen atoms in total. The van der Waals surface area contributed by atoms with Crippen molar-refractivity contribution in [1.29, 1.82) is 0 Å². The predicted molar refractivity (Wildman–Crippen MR) is 125 cm³/mol. The van der Waals surface area contributed by atoms with Crippen molar-refractivity contribution >= 4 is 44.6 Å². The summed E-state index contributed by atoms with van der Waals surface area (Å²) in [6, 6.07) is 12.4. The van der Waals surface area contributed by atoms with Crippen molar-refractivity contribution in [3.05, 3.63) is 48.0 Å². The van der Waals surface area contributed by atoms with Crippen molar-refractivity contribution in [2.24, 2.45) is 0 Å². The van der Waals surface area contributed by atoms with Gasteiger partial charge in [-0.3, -0.25) is 4.98 Å².